The van der Waals surface area contributed by atoms with E-state index in [1.807, 2.05) is 0 Å². The summed E-state index contributed by atoms with van der Waals surface area (Å²) in [4.78, 5) is 2.32. The summed E-state index contributed by atoms with van der Waals surface area (Å²) in [5.74, 6) is 1.08. The molecule has 98 valence electrons. The van der Waals surface area contributed by atoms with Crippen LogP contribution in [0.3, 0.4) is 0 Å². The van der Waals surface area contributed by atoms with E-state index in [-0.39, 0.29) is 12.1 Å². The second kappa shape index (κ2) is 6.38. The molecule has 4 heteroatoms. The van der Waals surface area contributed by atoms with E-state index in [9.17, 15) is 0 Å². The number of hydrogen-bond donors (Lipinski definition) is 1. The lowest BCUT2D eigenvalue weighted by molar-refractivity contribution is -0.0400. The monoisotopic (exact) mass is 240 g/mol. The first kappa shape index (κ1) is 12.9. The topological polar surface area (TPSA) is 33.7 Å². The summed E-state index contributed by atoms with van der Waals surface area (Å²) in [5.41, 5.74) is 0. The Bertz CT molecular complexity index is 268. The van der Waals surface area contributed by atoms with Crippen molar-refractivity contribution in [3.8, 4) is 0 Å². The minimum absolute atomic E-state index is 0.213. The van der Waals surface area contributed by atoms with Gasteiger partial charge in [0, 0.05) is 19.5 Å². The van der Waals surface area contributed by atoms with E-state index in [1.54, 1.807) is 0 Å². The lowest BCUT2D eigenvalue weighted by atomic mass is 10.1. The van der Waals surface area contributed by atoms with Gasteiger partial charge in [0.2, 0.25) is 0 Å². The molecule has 0 aromatic rings. The van der Waals surface area contributed by atoms with Crippen LogP contribution in [-0.4, -0.2) is 56.9 Å². The van der Waals surface area contributed by atoms with Gasteiger partial charge in [-0.1, -0.05) is 6.92 Å². The lowest BCUT2D eigenvalue weighted by Gasteiger charge is -2.35. The summed E-state index contributed by atoms with van der Waals surface area (Å²) in [5, 5.41) is 3.56. The Morgan fingerprint density at radius 2 is 2.41 bits per heavy atom. The molecule has 0 aromatic carbocycles. The first-order chi connectivity index (χ1) is 8.31. The maximum absolute atomic E-state index is 5.89. The quantitative estimate of drug-likeness (QED) is 0.777. The molecule has 0 radical (unpaired) electrons. The average Bonchev–Trinajstić information content (AvgIpc) is 2.83. The van der Waals surface area contributed by atoms with Crippen molar-refractivity contribution in [1.82, 2.24) is 10.2 Å². The van der Waals surface area contributed by atoms with Gasteiger partial charge in [-0.2, -0.15) is 0 Å². The second-order valence-corrected chi connectivity index (χ2v) is 4.85. The molecule has 0 bridgehead atoms. The fourth-order valence-corrected chi connectivity index (χ4v) is 2.38. The first-order valence-corrected chi connectivity index (χ1v) is 6.67. The molecule has 2 atom stereocenters. The molecule has 0 amide bonds. The predicted molar refractivity (Wildman–Crippen MR) is 68.0 cm³/mol. The molecule has 0 aliphatic carbocycles. The van der Waals surface area contributed by atoms with Crippen LogP contribution >= 0.6 is 0 Å². The molecule has 2 aliphatic heterocycles. The summed E-state index contributed by atoms with van der Waals surface area (Å²) in [6.07, 6.45) is 4.57. The molecule has 0 spiro atoms. The van der Waals surface area contributed by atoms with E-state index in [0.717, 1.165) is 51.4 Å². The third-order valence-corrected chi connectivity index (χ3v) is 3.32. The third kappa shape index (κ3) is 3.44. The molecule has 0 saturated carbocycles. The van der Waals surface area contributed by atoms with Crippen LogP contribution in [0, 0.1) is 0 Å². The fraction of sp³-hybridized carbons (Fsp3) is 0.846. The van der Waals surface area contributed by atoms with E-state index in [0.29, 0.717) is 0 Å². The number of rotatable bonds is 5. The van der Waals surface area contributed by atoms with Crippen LogP contribution in [0.2, 0.25) is 0 Å². The van der Waals surface area contributed by atoms with Gasteiger partial charge in [-0.25, -0.2) is 0 Å². The zero-order chi connectivity index (χ0) is 12.1. The average molecular weight is 240 g/mol. The van der Waals surface area contributed by atoms with Gasteiger partial charge in [-0.3, -0.25) is 0 Å². The highest BCUT2D eigenvalue weighted by molar-refractivity contribution is 5.10. The van der Waals surface area contributed by atoms with Crippen LogP contribution in [-0.2, 0) is 9.47 Å². The summed E-state index contributed by atoms with van der Waals surface area (Å²) < 4.78 is 11.6. The molecule has 2 aliphatic rings. The third-order valence-electron chi connectivity index (χ3n) is 3.32. The van der Waals surface area contributed by atoms with Crippen molar-refractivity contribution < 1.29 is 9.47 Å². The normalized spacial score (nSPS) is 27.6. The highest BCUT2D eigenvalue weighted by Gasteiger charge is 2.31. The van der Waals surface area contributed by atoms with Gasteiger partial charge in [0.25, 0.3) is 0 Å². The van der Waals surface area contributed by atoms with Gasteiger partial charge < -0.3 is 19.7 Å². The standard InChI is InChI=1S/C13H24N2O2/c1-3-6-14-13(11-5-4-8-16-11)12-10-15(2)7-9-17-12/h5,12-14H,3-4,6-10H2,1-2H3. The Morgan fingerprint density at radius 3 is 3.06 bits per heavy atom. The molecule has 1 fully saturated rings. The number of morpholine rings is 1. The molecule has 2 rings (SSSR count). The van der Waals surface area contributed by atoms with Crippen LogP contribution in [0.4, 0.5) is 0 Å². The van der Waals surface area contributed by atoms with Crippen molar-refractivity contribution >= 4 is 0 Å². The van der Waals surface area contributed by atoms with Gasteiger partial charge in [-0.15, -0.1) is 0 Å². The van der Waals surface area contributed by atoms with Gasteiger partial charge in [0.05, 0.1) is 25.4 Å². The Morgan fingerprint density at radius 1 is 1.53 bits per heavy atom. The number of hydrogen-bond acceptors (Lipinski definition) is 4. The zero-order valence-electron chi connectivity index (χ0n) is 10.9. The summed E-state index contributed by atoms with van der Waals surface area (Å²) in [6.45, 7) is 6.83. The van der Waals surface area contributed by atoms with E-state index in [4.69, 9.17) is 9.47 Å². The van der Waals surface area contributed by atoms with E-state index < -0.39 is 0 Å². The molecular formula is C13H24N2O2. The molecule has 2 heterocycles. The van der Waals surface area contributed by atoms with Gasteiger partial charge >= 0.3 is 0 Å². The smallest absolute Gasteiger partial charge is 0.112 e. The number of nitrogens with one attached hydrogen (secondary N) is 1. The second-order valence-electron chi connectivity index (χ2n) is 4.85. The molecule has 1 saturated heterocycles. The molecular weight excluding hydrogens is 216 g/mol. The summed E-state index contributed by atoms with van der Waals surface area (Å²) in [6, 6.07) is 0.222. The maximum atomic E-state index is 5.89. The van der Waals surface area contributed by atoms with Gasteiger partial charge in [-0.05, 0) is 26.1 Å². The van der Waals surface area contributed by atoms with E-state index >= 15 is 0 Å². The molecule has 4 nitrogen and oxygen atoms in total. The number of nitrogens with zero attached hydrogens (tertiary/aromatic N) is 1. The predicted octanol–water partition coefficient (Wildman–Crippen LogP) is 0.989. The Labute approximate surface area is 104 Å². The Kier molecular flexibility index (Phi) is 4.83. The summed E-state index contributed by atoms with van der Waals surface area (Å²) in [7, 11) is 2.15. The van der Waals surface area contributed by atoms with Crippen LogP contribution < -0.4 is 5.32 Å². The van der Waals surface area contributed by atoms with Crippen LogP contribution in [0.1, 0.15) is 19.8 Å². The molecule has 0 aromatic heterocycles. The van der Waals surface area contributed by atoms with Gasteiger partial charge in [0.1, 0.15) is 5.76 Å². The maximum Gasteiger partial charge on any atom is 0.112 e. The fourth-order valence-electron chi connectivity index (χ4n) is 2.38. The molecule has 1 N–H and O–H groups in total. The lowest BCUT2D eigenvalue weighted by Crippen LogP contribution is -2.52. The van der Waals surface area contributed by atoms with Crippen molar-refractivity contribution in [1.29, 1.82) is 0 Å². The molecule has 17 heavy (non-hydrogen) atoms. The minimum atomic E-state index is 0.213. The van der Waals surface area contributed by atoms with Crippen molar-refractivity contribution in [3.63, 3.8) is 0 Å². The highest BCUT2D eigenvalue weighted by atomic mass is 16.5. The highest BCUT2D eigenvalue weighted by Crippen LogP contribution is 2.20. The number of likely N-dealkylation sites (N-methyl/N-ethyl adjacent to an activating group) is 1. The van der Waals surface area contributed by atoms with Crippen molar-refractivity contribution in [2.75, 3.05) is 39.9 Å². The number of ether oxygens (including phenoxy) is 2. The SMILES string of the molecule is CCCNC(C1=CCCO1)C1CN(C)CCO1. The van der Waals surface area contributed by atoms with Crippen LogP contribution in [0.15, 0.2) is 11.8 Å². The van der Waals surface area contributed by atoms with E-state index in [2.05, 4.69) is 30.3 Å². The zero-order valence-corrected chi connectivity index (χ0v) is 10.9. The van der Waals surface area contributed by atoms with Crippen molar-refractivity contribution in [2.45, 2.75) is 31.9 Å². The largest absolute Gasteiger partial charge is 0.496 e. The van der Waals surface area contributed by atoms with Gasteiger partial charge in [0.15, 0.2) is 0 Å². The Balaban J connectivity index is 1.97. The van der Waals surface area contributed by atoms with Crippen molar-refractivity contribution in [3.05, 3.63) is 11.8 Å². The van der Waals surface area contributed by atoms with Crippen molar-refractivity contribution in [2.24, 2.45) is 0 Å². The minimum Gasteiger partial charge on any atom is -0.496 e. The summed E-state index contributed by atoms with van der Waals surface area (Å²) >= 11 is 0. The van der Waals surface area contributed by atoms with Crippen LogP contribution in [0.5, 0.6) is 0 Å². The van der Waals surface area contributed by atoms with Crippen LogP contribution in [0.25, 0.3) is 0 Å². The first-order valence-electron chi connectivity index (χ1n) is 6.67. The van der Waals surface area contributed by atoms with E-state index in [1.165, 1.54) is 0 Å². The Hall–Kier alpha value is -0.580. The molecule has 2 unspecified atom stereocenters.